The molecule has 0 aliphatic rings. The van der Waals surface area contributed by atoms with E-state index in [2.05, 4.69) is 0 Å². The van der Waals surface area contributed by atoms with E-state index < -0.39 is 11.4 Å². The van der Waals surface area contributed by atoms with Crippen LogP contribution < -0.4 is 0 Å². The fourth-order valence-corrected chi connectivity index (χ4v) is 0.0676. The van der Waals surface area contributed by atoms with Crippen molar-refractivity contribution in [1.82, 2.24) is 0 Å². The van der Waals surface area contributed by atoms with Crippen molar-refractivity contribution in [2.24, 2.45) is 5.41 Å². The van der Waals surface area contributed by atoms with Crippen LogP contribution in [0.2, 0.25) is 0 Å². The molecule has 4 N–H and O–H groups in total. The van der Waals surface area contributed by atoms with Gasteiger partial charge in [0, 0.05) is 0 Å². The molecule has 0 amide bonds. The molecule has 0 unspecified atom stereocenters. The van der Waals surface area contributed by atoms with Crippen LogP contribution in [-0.4, -0.2) is 46.2 Å². The van der Waals surface area contributed by atoms with Crippen molar-refractivity contribution >= 4 is 5.97 Å². The zero-order valence-electron chi connectivity index (χ0n) is 7.32. The van der Waals surface area contributed by atoms with Gasteiger partial charge in [-0.05, 0) is 13.8 Å². The highest BCUT2D eigenvalue weighted by Gasteiger charge is 2.25. The Kier molecular flexibility index (Phi) is 8.14. The van der Waals surface area contributed by atoms with E-state index in [4.69, 9.17) is 20.4 Å². The van der Waals surface area contributed by atoms with Gasteiger partial charge < -0.3 is 20.4 Å². The number of hydrogen-bond donors (Lipinski definition) is 4. The van der Waals surface area contributed by atoms with Crippen molar-refractivity contribution in [1.29, 1.82) is 0 Å². The van der Waals surface area contributed by atoms with Gasteiger partial charge in [0.05, 0.1) is 25.2 Å². The highest BCUT2D eigenvalue weighted by atomic mass is 16.4. The summed E-state index contributed by atoms with van der Waals surface area (Å²) in [5.41, 5.74) is -0.986. The summed E-state index contributed by atoms with van der Waals surface area (Å²) < 4.78 is 0. The Balaban J connectivity index is 0. The molecule has 0 rings (SSSR count). The number of carbonyl (C=O) groups is 1. The fraction of sp³-hybridized carbons (Fsp3) is 0.857. The van der Waals surface area contributed by atoms with Gasteiger partial charge in [-0.25, -0.2) is 0 Å². The highest BCUT2D eigenvalue weighted by molar-refractivity contribution is 5.73. The number of carboxylic acids is 1. The maximum absolute atomic E-state index is 10.1. The van der Waals surface area contributed by atoms with Crippen LogP contribution in [-0.2, 0) is 4.79 Å². The monoisotopic (exact) mass is 180 g/mol. The van der Waals surface area contributed by atoms with E-state index in [0.29, 0.717) is 0 Å². The Morgan fingerprint density at radius 2 is 1.50 bits per heavy atom. The molecule has 0 aliphatic heterocycles. The van der Waals surface area contributed by atoms with E-state index in [1.807, 2.05) is 0 Å². The topological polar surface area (TPSA) is 98.0 Å². The largest absolute Gasteiger partial charge is 0.481 e. The van der Waals surface area contributed by atoms with Gasteiger partial charge >= 0.3 is 5.97 Å². The van der Waals surface area contributed by atoms with Crippen molar-refractivity contribution in [3.8, 4) is 0 Å². The summed E-state index contributed by atoms with van der Waals surface area (Å²) >= 11 is 0. The van der Waals surface area contributed by atoms with Crippen LogP contribution in [0.5, 0.6) is 0 Å². The highest BCUT2D eigenvalue weighted by Crippen LogP contribution is 2.12. The molecule has 0 radical (unpaired) electrons. The standard InChI is InChI=1S/C5H10O3.C2H6O2/c1-5(2,3-6)4(7)8;3-1-2-4/h6H,3H2,1-2H3,(H,7,8);3-4H,1-2H2. The predicted octanol–water partition coefficient (Wildman–Crippen LogP) is -0.940. The molecule has 0 saturated heterocycles. The number of aliphatic hydroxyl groups excluding tert-OH is 3. The lowest BCUT2D eigenvalue weighted by atomic mass is 9.96. The molecular weight excluding hydrogens is 164 g/mol. The van der Waals surface area contributed by atoms with Gasteiger partial charge in [-0.2, -0.15) is 0 Å². The summed E-state index contributed by atoms with van der Waals surface area (Å²) in [5.74, 6) is -0.972. The Bertz CT molecular complexity index is 119. The van der Waals surface area contributed by atoms with Crippen LogP contribution in [0.1, 0.15) is 13.8 Å². The van der Waals surface area contributed by atoms with Gasteiger partial charge in [-0.3, -0.25) is 4.79 Å². The average molecular weight is 180 g/mol. The first kappa shape index (κ1) is 13.9. The lowest BCUT2D eigenvalue weighted by Crippen LogP contribution is -2.27. The summed E-state index contributed by atoms with van der Waals surface area (Å²) in [6.45, 7) is 2.37. The van der Waals surface area contributed by atoms with Crippen LogP contribution in [0, 0.1) is 5.41 Å². The van der Waals surface area contributed by atoms with E-state index >= 15 is 0 Å². The third-order valence-corrected chi connectivity index (χ3v) is 1.07. The molecule has 12 heavy (non-hydrogen) atoms. The Labute approximate surface area is 71.3 Å². The van der Waals surface area contributed by atoms with Crippen molar-refractivity contribution in [3.05, 3.63) is 0 Å². The number of rotatable bonds is 3. The number of aliphatic carboxylic acids is 1. The fourth-order valence-electron chi connectivity index (χ4n) is 0.0676. The van der Waals surface area contributed by atoms with Gasteiger partial charge in [-0.1, -0.05) is 0 Å². The van der Waals surface area contributed by atoms with Crippen molar-refractivity contribution in [2.75, 3.05) is 19.8 Å². The number of carboxylic acid groups (broad SMARTS) is 1. The van der Waals surface area contributed by atoms with Gasteiger partial charge in [0.15, 0.2) is 0 Å². The van der Waals surface area contributed by atoms with Crippen LogP contribution >= 0.6 is 0 Å². The lowest BCUT2D eigenvalue weighted by molar-refractivity contribution is -0.148. The second-order valence-electron chi connectivity index (χ2n) is 2.79. The number of hydrogen-bond acceptors (Lipinski definition) is 4. The second-order valence-corrected chi connectivity index (χ2v) is 2.79. The third kappa shape index (κ3) is 7.46. The molecular formula is C7H16O5. The summed E-state index contributed by atoms with van der Waals surface area (Å²) in [4.78, 5) is 10.1. The Hall–Kier alpha value is -0.650. The summed E-state index contributed by atoms with van der Waals surface area (Å²) in [7, 11) is 0. The van der Waals surface area contributed by atoms with Crippen LogP contribution in [0.25, 0.3) is 0 Å². The van der Waals surface area contributed by atoms with Crippen molar-refractivity contribution in [3.63, 3.8) is 0 Å². The molecule has 5 nitrogen and oxygen atoms in total. The summed E-state index contributed by atoms with van der Waals surface area (Å²) in [6.07, 6.45) is 0. The van der Waals surface area contributed by atoms with Crippen molar-refractivity contribution in [2.45, 2.75) is 13.8 Å². The summed E-state index contributed by atoms with van der Waals surface area (Å²) in [5, 5.41) is 31.9. The molecule has 0 aliphatic carbocycles. The maximum Gasteiger partial charge on any atom is 0.311 e. The smallest absolute Gasteiger partial charge is 0.311 e. The van der Waals surface area contributed by atoms with Gasteiger partial charge in [0.2, 0.25) is 0 Å². The van der Waals surface area contributed by atoms with E-state index in [-0.39, 0.29) is 19.8 Å². The summed E-state index contributed by atoms with van der Waals surface area (Å²) in [6, 6.07) is 0. The van der Waals surface area contributed by atoms with Crippen LogP contribution in [0.3, 0.4) is 0 Å². The van der Waals surface area contributed by atoms with E-state index in [0.717, 1.165) is 0 Å². The minimum absolute atomic E-state index is 0.125. The first-order valence-corrected chi connectivity index (χ1v) is 3.48. The van der Waals surface area contributed by atoms with Gasteiger partial charge in [0.25, 0.3) is 0 Å². The van der Waals surface area contributed by atoms with Crippen LogP contribution in [0.4, 0.5) is 0 Å². The molecule has 0 bridgehead atoms. The molecule has 74 valence electrons. The second kappa shape index (κ2) is 7.02. The van der Waals surface area contributed by atoms with E-state index in [1.165, 1.54) is 13.8 Å². The van der Waals surface area contributed by atoms with Crippen LogP contribution in [0.15, 0.2) is 0 Å². The third-order valence-electron chi connectivity index (χ3n) is 1.07. The molecule has 0 heterocycles. The molecule has 0 aromatic carbocycles. The molecule has 0 atom stereocenters. The molecule has 0 fully saturated rings. The minimum atomic E-state index is -0.986. The molecule has 0 spiro atoms. The Morgan fingerprint density at radius 1 is 1.17 bits per heavy atom. The van der Waals surface area contributed by atoms with Crippen molar-refractivity contribution < 1.29 is 25.2 Å². The predicted molar refractivity (Wildman–Crippen MR) is 42.7 cm³/mol. The SMILES string of the molecule is CC(C)(CO)C(=O)O.OCCO. The maximum atomic E-state index is 10.1. The van der Waals surface area contributed by atoms with E-state index in [9.17, 15) is 4.79 Å². The molecule has 5 heteroatoms. The molecule has 0 aromatic heterocycles. The minimum Gasteiger partial charge on any atom is -0.481 e. The zero-order valence-corrected chi connectivity index (χ0v) is 7.32. The zero-order chi connectivity index (χ0) is 10.2. The average Bonchev–Trinajstić information content (AvgIpc) is 2.05. The van der Waals surface area contributed by atoms with Gasteiger partial charge in [-0.15, -0.1) is 0 Å². The van der Waals surface area contributed by atoms with E-state index in [1.54, 1.807) is 0 Å². The number of aliphatic hydroxyl groups is 3. The molecule has 0 saturated carbocycles. The quantitative estimate of drug-likeness (QED) is 0.449. The normalized spacial score (nSPS) is 10.1. The first-order chi connectivity index (χ1) is 5.42. The van der Waals surface area contributed by atoms with Gasteiger partial charge in [0.1, 0.15) is 0 Å². The molecule has 0 aromatic rings. The lowest BCUT2D eigenvalue weighted by Gasteiger charge is -2.13. The first-order valence-electron chi connectivity index (χ1n) is 3.48. The Morgan fingerprint density at radius 3 is 1.50 bits per heavy atom.